The van der Waals surface area contributed by atoms with Gasteiger partial charge in [0.1, 0.15) is 11.6 Å². The number of imidazole rings is 1. The van der Waals surface area contributed by atoms with Gasteiger partial charge in [-0.2, -0.15) is 0 Å². The molecule has 0 fully saturated rings. The van der Waals surface area contributed by atoms with Crippen molar-refractivity contribution in [2.45, 2.75) is 20.8 Å². The fraction of sp³-hybridized carbons (Fsp3) is 0.308. The summed E-state index contributed by atoms with van der Waals surface area (Å²) in [6.07, 6.45) is 0. The predicted molar refractivity (Wildman–Crippen MR) is 64.8 cm³/mol. The van der Waals surface area contributed by atoms with Crippen LogP contribution in [0.3, 0.4) is 0 Å². The van der Waals surface area contributed by atoms with Gasteiger partial charge in [0.05, 0.1) is 12.8 Å². The summed E-state index contributed by atoms with van der Waals surface area (Å²) in [7, 11) is 1.69. The van der Waals surface area contributed by atoms with Crippen molar-refractivity contribution in [2.75, 3.05) is 7.11 Å². The molecule has 0 saturated heterocycles. The Bertz CT molecular complexity index is 515. The first kappa shape index (κ1) is 10.7. The van der Waals surface area contributed by atoms with Gasteiger partial charge in [-0.05, 0) is 44.5 Å². The van der Waals surface area contributed by atoms with Gasteiger partial charge in [-0.25, -0.2) is 4.98 Å². The molecule has 0 aliphatic heterocycles. The molecule has 3 heteroatoms. The average Bonchev–Trinajstić information content (AvgIpc) is 2.58. The van der Waals surface area contributed by atoms with E-state index in [4.69, 9.17) is 4.74 Å². The van der Waals surface area contributed by atoms with Crippen molar-refractivity contribution in [3.63, 3.8) is 0 Å². The first-order valence-corrected chi connectivity index (χ1v) is 5.30. The van der Waals surface area contributed by atoms with E-state index < -0.39 is 0 Å². The Labute approximate surface area is 95.5 Å². The topological polar surface area (TPSA) is 37.9 Å². The number of ether oxygens (including phenoxy) is 1. The van der Waals surface area contributed by atoms with E-state index in [1.54, 1.807) is 7.11 Å². The number of hydrogen-bond acceptors (Lipinski definition) is 2. The molecule has 0 amide bonds. The van der Waals surface area contributed by atoms with Crippen LogP contribution in [-0.4, -0.2) is 17.1 Å². The van der Waals surface area contributed by atoms with Crippen LogP contribution in [-0.2, 0) is 0 Å². The van der Waals surface area contributed by atoms with E-state index in [1.807, 2.05) is 32.9 Å². The summed E-state index contributed by atoms with van der Waals surface area (Å²) >= 11 is 0. The van der Waals surface area contributed by atoms with Crippen molar-refractivity contribution in [1.29, 1.82) is 0 Å². The average molecular weight is 216 g/mol. The highest BCUT2D eigenvalue weighted by molar-refractivity contribution is 5.64. The zero-order valence-electron chi connectivity index (χ0n) is 10.1. The minimum absolute atomic E-state index is 0.911. The third-order valence-corrected chi connectivity index (χ3v) is 2.67. The number of nitrogens with one attached hydrogen (secondary N) is 1. The van der Waals surface area contributed by atoms with E-state index >= 15 is 0 Å². The minimum Gasteiger partial charge on any atom is -0.496 e. The number of H-pyrrole nitrogens is 1. The molecule has 1 aromatic carbocycles. The molecule has 1 heterocycles. The van der Waals surface area contributed by atoms with Gasteiger partial charge in [-0.3, -0.25) is 0 Å². The highest BCUT2D eigenvalue weighted by Gasteiger charge is 2.08. The molecule has 1 aromatic heterocycles. The molecule has 0 bridgehead atoms. The van der Waals surface area contributed by atoms with Crippen LogP contribution in [0, 0.1) is 20.8 Å². The van der Waals surface area contributed by atoms with E-state index in [0.29, 0.717) is 0 Å². The Morgan fingerprint density at radius 3 is 2.44 bits per heavy atom. The molecule has 2 aromatic rings. The number of benzene rings is 1. The minimum atomic E-state index is 0.911. The molecule has 16 heavy (non-hydrogen) atoms. The van der Waals surface area contributed by atoms with Gasteiger partial charge in [-0.15, -0.1) is 0 Å². The normalized spacial score (nSPS) is 10.5. The predicted octanol–water partition coefficient (Wildman–Crippen LogP) is 3.01. The summed E-state index contributed by atoms with van der Waals surface area (Å²) in [4.78, 5) is 7.69. The number of aryl methyl sites for hydroxylation is 3. The number of aromatic amines is 1. The lowest BCUT2D eigenvalue weighted by atomic mass is 10.1. The lowest BCUT2D eigenvalue weighted by Crippen LogP contribution is -1.88. The summed E-state index contributed by atoms with van der Waals surface area (Å²) in [5, 5.41) is 0. The van der Waals surface area contributed by atoms with Crippen molar-refractivity contribution >= 4 is 0 Å². The fourth-order valence-electron chi connectivity index (χ4n) is 1.92. The second-order valence-corrected chi connectivity index (χ2v) is 3.98. The third kappa shape index (κ3) is 1.81. The molecular formula is C13H16N2O. The maximum Gasteiger partial charge on any atom is 0.121 e. The second kappa shape index (κ2) is 4.00. The number of methoxy groups -OCH3 is 1. The van der Waals surface area contributed by atoms with Crippen molar-refractivity contribution in [1.82, 2.24) is 9.97 Å². The van der Waals surface area contributed by atoms with E-state index in [2.05, 4.69) is 16.0 Å². The summed E-state index contributed by atoms with van der Waals surface area (Å²) < 4.78 is 5.24. The van der Waals surface area contributed by atoms with Crippen LogP contribution < -0.4 is 4.74 Å². The van der Waals surface area contributed by atoms with Gasteiger partial charge in [-0.1, -0.05) is 0 Å². The second-order valence-electron chi connectivity index (χ2n) is 3.98. The van der Waals surface area contributed by atoms with Gasteiger partial charge in [0.25, 0.3) is 0 Å². The van der Waals surface area contributed by atoms with Crippen LogP contribution in [0.15, 0.2) is 18.2 Å². The standard InChI is InChI=1S/C13H16N2O/c1-8-7-11(5-6-12(8)16-4)13-9(2)14-10(3)15-13/h5-7H,1-4H3,(H,14,15). The molecule has 0 radical (unpaired) electrons. The molecule has 1 N–H and O–H groups in total. The SMILES string of the molecule is COc1ccc(-c2nc(C)[nH]c2C)cc1C. The number of nitrogens with zero attached hydrogens (tertiary/aromatic N) is 1. The summed E-state index contributed by atoms with van der Waals surface area (Å²) in [5.74, 6) is 1.86. The van der Waals surface area contributed by atoms with Crippen LogP contribution in [0.5, 0.6) is 5.75 Å². The molecule has 0 spiro atoms. The smallest absolute Gasteiger partial charge is 0.121 e. The van der Waals surface area contributed by atoms with Gasteiger partial charge < -0.3 is 9.72 Å². The molecular weight excluding hydrogens is 200 g/mol. The van der Waals surface area contributed by atoms with Gasteiger partial charge in [0.2, 0.25) is 0 Å². The lowest BCUT2D eigenvalue weighted by Gasteiger charge is -2.06. The molecule has 84 valence electrons. The van der Waals surface area contributed by atoms with Gasteiger partial charge in [0.15, 0.2) is 0 Å². The zero-order chi connectivity index (χ0) is 11.7. The summed E-state index contributed by atoms with van der Waals surface area (Å²) in [5.41, 5.74) is 4.37. The maximum atomic E-state index is 5.24. The monoisotopic (exact) mass is 216 g/mol. The number of rotatable bonds is 2. The Hall–Kier alpha value is -1.77. The Kier molecular flexibility index (Phi) is 2.69. The Morgan fingerprint density at radius 1 is 1.19 bits per heavy atom. The van der Waals surface area contributed by atoms with Crippen molar-refractivity contribution < 1.29 is 4.74 Å². The number of hydrogen-bond donors (Lipinski definition) is 1. The van der Waals surface area contributed by atoms with Crippen molar-refractivity contribution in [3.8, 4) is 17.0 Å². The summed E-state index contributed by atoms with van der Waals surface area (Å²) in [6, 6.07) is 6.12. The molecule has 0 atom stereocenters. The first-order valence-electron chi connectivity index (χ1n) is 5.30. The van der Waals surface area contributed by atoms with E-state index in [1.165, 1.54) is 0 Å². The molecule has 0 unspecified atom stereocenters. The van der Waals surface area contributed by atoms with E-state index in [0.717, 1.165) is 34.1 Å². The largest absolute Gasteiger partial charge is 0.496 e. The third-order valence-electron chi connectivity index (χ3n) is 2.67. The van der Waals surface area contributed by atoms with E-state index in [9.17, 15) is 0 Å². The molecule has 2 rings (SSSR count). The maximum absolute atomic E-state index is 5.24. The molecule has 3 nitrogen and oxygen atoms in total. The van der Waals surface area contributed by atoms with Crippen LogP contribution in [0.25, 0.3) is 11.3 Å². The quantitative estimate of drug-likeness (QED) is 0.838. The van der Waals surface area contributed by atoms with Gasteiger partial charge >= 0.3 is 0 Å². The fourth-order valence-corrected chi connectivity index (χ4v) is 1.92. The van der Waals surface area contributed by atoms with Gasteiger partial charge in [0, 0.05) is 11.3 Å². The summed E-state index contributed by atoms with van der Waals surface area (Å²) in [6.45, 7) is 6.04. The highest BCUT2D eigenvalue weighted by atomic mass is 16.5. The lowest BCUT2D eigenvalue weighted by molar-refractivity contribution is 0.412. The van der Waals surface area contributed by atoms with Crippen LogP contribution in [0.1, 0.15) is 17.1 Å². The number of aromatic nitrogens is 2. The van der Waals surface area contributed by atoms with E-state index in [-0.39, 0.29) is 0 Å². The van der Waals surface area contributed by atoms with Crippen molar-refractivity contribution in [2.24, 2.45) is 0 Å². The molecule has 0 saturated carbocycles. The van der Waals surface area contributed by atoms with Crippen LogP contribution in [0.4, 0.5) is 0 Å². The Balaban J connectivity index is 2.49. The molecule has 0 aliphatic rings. The zero-order valence-corrected chi connectivity index (χ0v) is 10.1. The Morgan fingerprint density at radius 2 is 1.94 bits per heavy atom. The van der Waals surface area contributed by atoms with Crippen LogP contribution in [0.2, 0.25) is 0 Å². The highest BCUT2D eigenvalue weighted by Crippen LogP contribution is 2.26. The van der Waals surface area contributed by atoms with Crippen molar-refractivity contribution in [3.05, 3.63) is 35.3 Å². The van der Waals surface area contributed by atoms with Crippen LogP contribution >= 0.6 is 0 Å². The molecule has 0 aliphatic carbocycles. The first-order chi connectivity index (χ1) is 7.61.